The second-order valence-corrected chi connectivity index (χ2v) is 6.84. The number of thiazole rings is 1. The molecule has 0 bridgehead atoms. The van der Waals surface area contributed by atoms with E-state index in [1.54, 1.807) is 7.11 Å². The normalized spacial score (nSPS) is 16.6. The van der Waals surface area contributed by atoms with Crippen molar-refractivity contribution >= 4 is 11.3 Å². The van der Waals surface area contributed by atoms with Crippen LogP contribution < -0.4 is 5.32 Å². The van der Waals surface area contributed by atoms with Gasteiger partial charge in [0.05, 0.1) is 17.3 Å². The number of rotatable bonds is 7. The van der Waals surface area contributed by atoms with Gasteiger partial charge in [0.15, 0.2) is 0 Å². The Bertz CT molecular complexity index is 383. The Hall–Kier alpha value is -0.450. The van der Waals surface area contributed by atoms with Gasteiger partial charge in [-0.25, -0.2) is 4.98 Å². The lowest BCUT2D eigenvalue weighted by Crippen LogP contribution is -2.25. The molecule has 4 heteroatoms. The van der Waals surface area contributed by atoms with Crippen LogP contribution in [-0.4, -0.2) is 24.7 Å². The first-order chi connectivity index (χ1) is 9.20. The summed E-state index contributed by atoms with van der Waals surface area (Å²) in [5.74, 6) is 0.507. The maximum absolute atomic E-state index is 5.15. The molecule has 0 aromatic carbocycles. The van der Waals surface area contributed by atoms with Gasteiger partial charge in [-0.05, 0) is 18.8 Å². The zero-order valence-electron chi connectivity index (χ0n) is 12.4. The Labute approximate surface area is 120 Å². The zero-order valence-corrected chi connectivity index (χ0v) is 13.2. The predicted molar refractivity (Wildman–Crippen MR) is 80.9 cm³/mol. The molecule has 1 aliphatic rings. The van der Waals surface area contributed by atoms with Gasteiger partial charge >= 0.3 is 0 Å². The number of ether oxygens (including phenoxy) is 1. The van der Waals surface area contributed by atoms with Gasteiger partial charge in [-0.2, -0.15) is 0 Å². The maximum atomic E-state index is 5.15. The molecule has 19 heavy (non-hydrogen) atoms. The van der Waals surface area contributed by atoms with Crippen LogP contribution >= 0.6 is 11.3 Å². The van der Waals surface area contributed by atoms with Crippen molar-refractivity contribution in [2.24, 2.45) is 0 Å². The highest BCUT2D eigenvalue weighted by Gasteiger charge is 2.18. The third-order valence-corrected chi connectivity index (χ3v) is 4.88. The van der Waals surface area contributed by atoms with Crippen LogP contribution in [0.5, 0.6) is 0 Å². The molecule has 0 amide bonds. The third kappa shape index (κ3) is 4.26. The van der Waals surface area contributed by atoms with E-state index >= 15 is 0 Å². The molecule has 0 aliphatic heterocycles. The molecule has 0 radical (unpaired) electrons. The summed E-state index contributed by atoms with van der Waals surface area (Å²) in [4.78, 5) is 6.22. The number of nitrogens with zero attached hydrogens (tertiary/aromatic N) is 1. The fourth-order valence-electron chi connectivity index (χ4n) is 2.66. The van der Waals surface area contributed by atoms with Gasteiger partial charge in [0.1, 0.15) is 0 Å². The summed E-state index contributed by atoms with van der Waals surface area (Å²) in [5, 5.41) is 4.92. The SMILES string of the molecule is COCCc1nc(C(C)C)c(CNC2CCCC2)s1. The highest BCUT2D eigenvalue weighted by atomic mass is 32.1. The van der Waals surface area contributed by atoms with E-state index in [1.807, 2.05) is 11.3 Å². The van der Waals surface area contributed by atoms with Crippen LogP contribution in [0.1, 0.15) is 61.0 Å². The van der Waals surface area contributed by atoms with Crippen molar-refractivity contribution in [3.63, 3.8) is 0 Å². The molecule has 3 nitrogen and oxygen atoms in total. The standard InChI is InChI=1S/C15H26N2OS/c1-11(2)15-13(10-16-12-6-4-5-7-12)19-14(17-15)8-9-18-3/h11-12,16H,4-10H2,1-3H3. The summed E-state index contributed by atoms with van der Waals surface area (Å²) in [6.07, 6.45) is 6.38. The molecule has 1 aromatic heterocycles. The lowest BCUT2D eigenvalue weighted by Gasteiger charge is -2.12. The summed E-state index contributed by atoms with van der Waals surface area (Å²) < 4.78 is 5.15. The van der Waals surface area contributed by atoms with Crippen LogP contribution in [0.2, 0.25) is 0 Å². The van der Waals surface area contributed by atoms with E-state index < -0.39 is 0 Å². The average Bonchev–Trinajstić information content (AvgIpc) is 3.03. The van der Waals surface area contributed by atoms with Crippen LogP contribution in [-0.2, 0) is 17.7 Å². The summed E-state index contributed by atoms with van der Waals surface area (Å²) in [7, 11) is 1.75. The molecule has 108 valence electrons. The molecule has 1 aromatic rings. The third-order valence-electron chi connectivity index (χ3n) is 3.75. The Balaban J connectivity index is 1.97. The van der Waals surface area contributed by atoms with E-state index in [-0.39, 0.29) is 0 Å². The van der Waals surface area contributed by atoms with Crippen molar-refractivity contribution in [1.82, 2.24) is 10.3 Å². The van der Waals surface area contributed by atoms with E-state index in [2.05, 4.69) is 19.2 Å². The van der Waals surface area contributed by atoms with Crippen LogP contribution in [0.4, 0.5) is 0 Å². The van der Waals surface area contributed by atoms with E-state index in [4.69, 9.17) is 9.72 Å². The van der Waals surface area contributed by atoms with E-state index in [1.165, 1.54) is 41.3 Å². The highest BCUT2D eigenvalue weighted by molar-refractivity contribution is 7.11. The van der Waals surface area contributed by atoms with Crippen LogP contribution in [0.25, 0.3) is 0 Å². The summed E-state index contributed by atoms with van der Waals surface area (Å²) >= 11 is 1.86. The molecule has 1 fully saturated rings. The van der Waals surface area contributed by atoms with Gasteiger partial charge < -0.3 is 10.1 Å². The molecule has 2 rings (SSSR count). The topological polar surface area (TPSA) is 34.1 Å². The molecular weight excluding hydrogens is 256 g/mol. The molecule has 0 unspecified atom stereocenters. The molecule has 1 saturated carbocycles. The van der Waals surface area contributed by atoms with E-state index in [9.17, 15) is 0 Å². The van der Waals surface area contributed by atoms with Crippen molar-refractivity contribution in [2.45, 2.75) is 64.5 Å². The monoisotopic (exact) mass is 282 g/mol. The fourth-order valence-corrected chi connectivity index (χ4v) is 3.81. The summed E-state index contributed by atoms with van der Waals surface area (Å²) in [5.41, 5.74) is 1.28. The molecule has 0 spiro atoms. The minimum atomic E-state index is 0.507. The van der Waals surface area contributed by atoms with Crippen molar-refractivity contribution in [3.05, 3.63) is 15.6 Å². The second-order valence-electron chi connectivity index (χ2n) is 5.68. The Morgan fingerprint density at radius 3 is 2.74 bits per heavy atom. The fraction of sp³-hybridized carbons (Fsp3) is 0.800. The number of nitrogens with one attached hydrogen (secondary N) is 1. The molecule has 0 atom stereocenters. The minimum absolute atomic E-state index is 0.507. The predicted octanol–water partition coefficient (Wildman–Crippen LogP) is 3.49. The quantitative estimate of drug-likeness (QED) is 0.831. The van der Waals surface area contributed by atoms with Crippen molar-refractivity contribution in [2.75, 3.05) is 13.7 Å². The molecule has 1 aliphatic carbocycles. The van der Waals surface area contributed by atoms with Crippen LogP contribution in [0.15, 0.2) is 0 Å². The largest absolute Gasteiger partial charge is 0.384 e. The maximum Gasteiger partial charge on any atom is 0.0954 e. The number of hydrogen-bond donors (Lipinski definition) is 1. The van der Waals surface area contributed by atoms with E-state index in [0.29, 0.717) is 5.92 Å². The first-order valence-corrected chi connectivity index (χ1v) is 8.23. The van der Waals surface area contributed by atoms with Gasteiger partial charge in [-0.1, -0.05) is 26.7 Å². The van der Waals surface area contributed by atoms with Gasteiger partial charge in [-0.15, -0.1) is 11.3 Å². The van der Waals surface area contributed by atoms with Crippen LogP contribution in [0, 0.1) is 0 Å². The highest BCUT2D eigenvalue weighted by Crippen LogP contribution is 2.26. The Morgan fingerprint density at radius 2 is 2.11 bits per heavy atom. The number of methoxy groups -OCH3 is 1. The zero-order chi connectivity index (χ0) is 13.7. The van der Waals surface area contributed by atoms with Crippen molar-refractivity contribution in [1.29, 1.82) is 0 Å². The lowest BCUT2D eigenvalue weighted by molar-refractivity contribution is 0.202. The van der Waals surface area contributed by atoms with Crippen LogP contribution in [0.3, 0.4) is 0 Å². The first kappa shape index (κ1) is 14.9. The van der Waals surface area contributed by atoms with Gasteiger partial charge in [0, 0.05) is 31.0 Å². The average molecular weight is 282 g/mol. The molecule has 1 heterocycles. The van der Waals surface area contributed by atoms with Gasteiger partial charge in [0.2, 0.25) is 0 Å². The number of hydrogen-bond acceptors (Lipinski definition) is 4. The summed E-state index contributed by atoms with van der Waals surface area (Å²) in [6, 6.07) is 0.726. The lowest BCUT2D eigenvalue weighted by atomic mass is 10.1. The van der Waals surface area contributed by atoms with Crippen molar-refractivity contribution in [3.8, 4) is 0 Å². The first-order valence-electron chi connectivity index (χ1n) is 7.41. The summed E-state index contributed by atoms with van der Waals surface area (Å²) in [6.45, 7) is 6.21. The van der Waals surface area contributed by atoms with Gasteiger partial charge in [0.25, 0.3) is 0 Å². The molecular formula is C15H26N2OS. The van der Waals surface area contributed by atoms with Gasteiger partial charge in [-0.3, -0.25) is 0 Å². The second kappa shape index (κ2) is 7.36. The number of aromatic nitrogens is 1. The Kier molecular flexibility index (Phi) is 5.79. The smallest absolute Gasteiger partial charge is 0.0954 e. The molecule has 0 saturated heterocycles. The molecule has 1 N–H and O–H groups in total. The minimum Gasteiger partial charge on any atom is -0.384 e. The van der Waals surface area contributed by atoms with E-state index in [0.717, 1.165) is 25.6 Å². The Morgan fingerprint density at radius 1 is 1.37 bits per heavy atom. The van der Waals surface area contributed by atoms with Crippen molar-refractivity contribution < 1.29 is 4.74 Å².